The first kappa shape index (κ1) is 22.8. The van der Waals surface area contributed by atoms with Crippen molar-refractivity contribution in [1.82, 2.24) is 19.4 Å². The predicted molar refractivity (Wildman–Crippen MR) is 117 cm³/mol. The molecule has 1 saturated heterocycles. The number of fused-ring (bicyclic) bond motifs is 1. The van der Waals surface area contributed by atoms with Crippen LogP contribution in [0.1, 0.15) is 22.8 Å². The number of nitrogens with one attached hydrogen (secondary N) is 1. The number of carbonyl (C=O) groups is 1. The van der Waals surface area contributed by atoms with Crippen LogP contribution in [0.4, 0.5) is 19.0 Å². The summed E-state index contributed by atoms with van der Waals surface area (Å²) in [7, 11) is 0. The molecule has 4 rings (SSSR count). The van der Waals surface area contributed by atoms with E-state index in [0.29, 0.717) is 49.3 Å². The first-order valence-electron chi connectivity index (χ1n) is 10.1. The molecular weight excluding hydrogens is 463 g/mol. The van der Waals surface area contributed by atoms with Gasteiger partial charge >= 0.3 is 17.3 Å². The Hall–Kier alpha value is -3.34. The smallest absolute Gasteiger partial charge is 0.352 e. The van der Waals surface area contributed by atoms with Crippen molar-refractivity contribution in [1.29, 1.82) is 0 Å². The number of pyridine rings is 1. The summed E-state index contributed by atoms with van der Waals surface area (Å²) in [5.41, 5.74) is -1.09. The van der Waals surface area contributed by atoms with Crippen LogP contribution in [0.5, 0.6) is 0 Å². The van der Waals surface area contributed by atoms with Gasteiger partial charge in [-0.3, -0.25) is 14.4 Å². The largest absolute Gasteiger partial charge is 0.417 e. The first-order chi connectivity index (χ1) is 15.6. The summed E-state index contributed by atoms with van der Waals surface area (Å²) < 4.78 is 39.8. The molecule has 1 aliphatic rings. The Morgan fingerprint density at radius 3 is 2.45 bits per heavy atom. The molecule has 0 atom stereocenters. The lowest BCUT2D eigenvalue weighted by Gasteiger charge is -2.36. The van der Waals surface area contributed by atoms with Crippen LogP contribution in [0.2, 0.25) is 5.02 Å². The van der Waals surface area contributed by atoms with E-state index in [4.69, 9.17) is 11.6 Å². The topological polar surface area (TPSA) is 91.3 Å². The van der Waals surface area contributed by atoms with E-state index in [-0.39, 0.29) is 16.7 Å². The molecule has 0 unspecified atom stereocenters. The molecule has 2 aromatic heterocycles. The van der Waals surface area contributed by atoms with Crippen molar-refractivity contribution in [2.75, 3.05) is 31.1 Å². The van der Waals surface area contributed by atoms with Crippen molar-refractivity contribution < 1.29 is 18.0 Å². The van der Waals surface area contributed by atoms with Gasteiger partial charge in [0.2, 0.25) is 0 Å². The van der Waals surface area contributed by atoms with E-state index < -0.39 is 22.9 Å². The summed E-state index contributed by atoms with van der Waals surface area (Å²) in [5, 5.41) is -0.106. The highest BCUT2D eigenvalue weighted by molar-refractivity contribution is 6.33. The summed E-state index contributed by atoms with van der Waals surface area (Å²) in [5.74, 6) is -0.0318. The summed E-state index contributed by atoms with van der Waals surface area (Å²) in [4.78, 5) is 46.6. The molecule has 0 aliphatic carbocycles. The Morgan fingerprint density at radius 2 is 1.85 bits per heavy atom. The monoisotopic (exact) mass is 481 g/mol. The van der Waals surface area contributed by atoms with Gasteiger partial charge < -0.3 is 19.4 Å². The lowest BCUT2D eigenvalue weighted by molar-refractivity contribution is -0.137. The minimum Gasteiger partial charge on any atom is -0.352 e. The standard InChI is InChI=1S/C21H19ClF3N5O3/c1-2-30-16-4-3-12(9-15(16)27-18(31)20(30)33)19(32)29-7-5-28(6-8-29)17-14(22)10-13(11-26-17)21(23,24)25/h3-4,9-11H,2,5-8H2,1H3,(H,27,31). The highest BCUT2D eigenvalue weighted by Gasteiger charge is 2.32. The molecule has 1 aliphatic heterocycles. The van der Waals surface area contributed by atoms with Crippen molar-refractivity contribution in [3.05, 3.63) is 67.3 Å². The van der Waals surface area contributed by atoms with Gasteiger partial charge in [-0.25, -0.2) is 4.98 Å². The number of halogens is 4. The predicted octanol–water partition coefficient (Wildman–Crippen LogP) is 2.74. The zero-order chi connectivity index (χ0) is 23.9. The molecule has 3 aromatic rings. The second-order valence-corrected chi connectivity index (χ2v) is 7.95. The van der Waals surface area contributed by atoms with E-state index in [1.165, 1.54) is 10.6 Å². The van der Waals surface area contributed by atoms with E-state index in [0.717, 1.165) is 12.3 Å². The van der Waals surface area contributed by atoms with E-state index in [2.05, 4.69) is 9.97 Å². The summed E-state index contributed by atoms with van der Waals surface area (Å²) in [6.45, 7) is 3.35. The molecule has 0 bridgehead atoms. The van der Waals surface area contributed by atoms with Crippen LogP contribution in [0.15, 0.2) is 40.1 Å². The summed E-state index contributed by atoms with van der Waals surface area (Å²) >= 11 is 6.03. The third-order valence-corrected chi connectivity index (χ3v) is 5.83. The van der Waals surface area contributed by atoms with Gasteiger partial charge in [0, 0.05) is 44.5 Å². The van der Waals surface area contributed by atoms with Crippen molar-refractivity contribution in [3.8, 4) is 0 Å². The fourth-order valence-corrected chi connectivity index (χ4v) is 4.13. The minimum atomic E-state index is -4.53. The number of carbonyl (C=O) groups excluding carboxylic acids is 1. The third-order valence-electron chi connectivity index (χ3n) is 5.55. The molecule has 1 aromatic carbocycles. The molecule has 1 N–H and O–H groups in total. The van der Waals surface area contributed by atoms with E-state index in [9.17, 15) is 27.6 Å². The highest BCUT2D eigenvalue weighted by atomic mass is 35.5. The number of aryl methyl sites for hydroxylation is 1. The molecule has 1 amide bonds. The number of H-pyrrole nitrogens is 1. The molecular formula is C21H19ClF3N5O3. The van der Waals surface area contributed by atoms with Crippen molar-refractivity contribution in [2.45, 2.75) is 19.6 Å². The van der Waals surface area contributed by atoms with Gasteiger partial charge in [-0.2, -0.15) is 13.2 Å². The minimum absolute atomic E-state index is 0.106. The van der Waals surface area contributed by atoms with Crippen LogP contribution in [-0.2, 0) is 12.7 Å². The van der Waals surface area contributed by atoms with Crippen molar-refractivity contribution in [2.24, 2.45) is 0 Å². The quantitative estimate of drug-likeness (QED) is 0.581. The number of piperazine rings is 1. The Kier molecular flexibility index (Phi) is 5.91. The fraction of sp³-hybridized carbons (Fsp3) is 0.333. The number of rotatable bonds is 3. The Labute approximate surface area is 190 Å². The van der Waals surface area contributed by atoms with Gasteiger partial charge in [0.15, 0.2) is 0 Å². The number of hydrogen-bond acceptors (Lipinski definition) is 5. The maximum Gasteiger partial charge on any atom is 0.417 e. The van der Waals surface area contributed by atoms with E-state index in [1.54, 1.807) is 28.9 Å². The lowest BCUT2D eigenvalue weighted by atomic mass is 10.1. The van der Waals surface area contributed by atoms with Crippen molar-refractivity contribution in [3.63, 3.8) is 0 Å². The molecule has 1 fully saturated rings. The number of anilines is 1. The van der Waals surface area contributed by atoms with Gasteiger partial charge in [0.05, 0.1) is 21.6 Å². The normalized spacial score (nSPS) is 14.7. The van der Waals surface area contributed by atoms with Crippen LogP contribution in [-0.4, -0.2) is 51.5 Å². The number of amides is 1. The maximum atomic E-state index is 13.0. The number of hydrogen-bond donors (Lipinski definition) is 1. The van der Waals surface area contributed by atoms with Gasteiger partial charge in [-0.1, -0.05) is 11.6 Å². The van der Waals surface area contributed by atoms with Gasteiger partial charge in [0.25, 0.3) is 5.91 Å². The number of aromatic nitrogens is 3. The number of nitrogens with zero attached hydrogens (tertiary/aromatic N) is 4. The molecule has 8 nitrogen and oxygen atoms in total. The SMILES string of the molecule is CCn1c(=O)c(=O)[nH]c2cc(C(=O)N3CCN(c4ncc(C(F)(F)F)cc4Cl)CC3)ccc21. The molecule has 33 heavy (non-hydrogen) atoms. The third kappa shape index (κ3) is 4.32. The maximum absolute atomic E-state index is 13.0. The molecule has 0 radical (unpaired) electrons. The zero-order valence-electron chi connectivity index (χ0n) is 17.4. The number of aromatic amines is 1. The highest BCUT2D eigenvalue weighted by Crippen LogP contribution is 2.33. The Balaban J connectivity index is 1.51. The zero-order valence-corrected chi connectivity index (χ0v) is 18.2. The van der Waals surface area contributed by atoms with Crippen LogP contribution in [0.3, 0.4) is 0 Å². The summed E-state index contributed by atoms with van der Waals surface area (Å²) in [6.07, 6.45) is -3.79. The number of benzene rings is 1. The van der Waals surface area contributed by atoms with Crippen molar-refractivity contribution >= 4 is 34.4 Å². The molecule has 174 valence electrons. The average Bonchev–Trinajstić information content (AvgIpc) is 2.78. The number of alkyl halides is 3. The van der Waals surface area contributed by atoms with Gasteiger partial charge in [-0.15, -0.1) is 0 Å². The Morgan fingerprint density at radius 1 is 1.15 bits per heavy atom. The molecule has 3 heterocycles. The van der Waals surface area contributed by atoms with Gasteiger partial charge in [-0.05, 0) is 31.2 Å². The fourth-order valence-electron chi connectivity index (χ4n) is 3.85. The first-order valence-corrected chi connectivity index (χ1v) is 10.5. The lowest BCUT2D eigenvalue weighted by Crippen LogP contribution is -2.49. The van der Waals surface area contributed by atoms with E-state index in [1.807, 2.05) is 0 Å². The second kappa shape index (κ2) is 8.54. The van der Waals surface area contributed by atoms with E-state index >= 15 is 0 Å². The second-order valence-electron chi connectivity index (χ2n) is 7.54. The van der Waals surface area contributed by atoms with Gasteiger partial charge in [0.1, 0.15) is 5.82 Å². The van der Waals surface area contributed by atoms with Crippen LogP contribution >= 0.6 is 11.6 Å². The molecule has 0 spiro atoms. The molecule has 0 saturated carbocycles. The van der Waals surface area contributed by atoms with Crippen LogP contribution in [0.25, 0.3) is 11.0 Å². The molecule has 12 heteroatoms. The van der Waals surface area contributed by atoms with Crippen LogP contribution in [0, 0.1) is 0 Å². The average molecular weight is 482 g/mol. The van der Waals surface area contributed by atoms with Crippen LogP contribution < -0.4 is 16.0 Å². The summed E-state index contributed by atoms with van der Waals surface area (Å²) in [6, 6.07) is 5.58. The Bertz CT molecular complexity index is 1340.